The summed E-state index contributed by atoms with van der Waals surface area (Å²) in [7, 11) is 2.26. The largest absolute Gasteiger partial charge is 0.467 e. The Balaban J connectivity index is 2.41. The van der Waals surface area contributed by atoms with Gasteiger partial charge in [-0.15, -0.1) is 0 Å². The van der Waals surface area contributed by atoms with Crippen molar-refractivity contribution in [3.05, 3.63) is 34.4 Å². The zero-order valence-corrected chi connectivity index (χ0v) is 17.0. The normalized spacial score (nSPS) is 20.4. The molecule has 2 rings (SSSR count). The van der Waals surface area contributed by atoms with Crippen LogP contribution in [0.3, 0.4) is 0 Å². The number of nitro benzene ring substituents is 1. The Hall–Kier alpha value is -3.37. The summed E-state index contributed by atoms with van der Waals surface area (Å²) < 4.78 is 20.5. The van der Waals surface area contributed by atoms with Crippen molar-refractivity contribution in [1.29, 1.82) is 0 Å². The minimum Gasteiger partial charge on any atom is -0.467 e. The summed E-state index contributed by atoms with van der Waals surface area (Å²) in [5, 5.41) is 11.3. The lowest BCUT2D eigenvalue weighted by Crippen LogP contribution is -2.48. The molecule has 1 aliphatic rings. The molecule has 0 spiro atoms. The number of likely N-dealkylation sites (tertiary alicyclic amines) is 1. The number of nitro groups is 1. The van der Waals surface area contributed by atoms with E-state index in [-0.39, 0.29) is 24.5 Å². The van der Waals surface area contributed by atoms with Gasteiger partial charge in [-0.25, -0.2) is 14.4 Å². The lowest BCUT2D eigenvalue weighted by Gasteiger charge is -2.27. The van der Waals surface area contributed by atoms with Crippen LogP contribution in [0, 0.1) is 10.1 Å². The van der Waals surface area contributed by atoms with E-state index in [1.54, 1.807) is 0 Å². The highest BCUT2D eigenvalue weighted by atomic mass is 16.6. The predicted octanol–water partition coefficient (Wildman–Crippen LogP) is 2.07. The third kappa shape index (κ3) is 4.78. The van der Waals surface area contributed by atoms with Crippen molar-refractivity contribution < 1.29 is 38.3 Å². The SMILES string of the molecule is CCCCOC(=O)N1CC(Oc2ccccc2[N+](=O)[O-])(C(=O)OC)C[C@H]1C(=O)OC. The average Bonchev–Trinajstić information content (AvgIpc) is 3.13. The van der Waals surface area contributed by atoms with E-state index in [0.717, 1.165) is 25.5 Å². The number of carbonyl (C=O) groups excluding carboxylic acids is 3. The van der Waals surface area contributed by atoms with Gasteiger partial charge in [0, 0.05) is 12.5 Å². The third-order valence-corrected chi connectivity index (χ3v) is 4.68. The molecule has 11 nitrogen and oxygen atoms in total. The number of methoxy groups -OCH3 is 2. The van der Waals surface area contributed by atoms with Gasteiger partial charge in [-0.3, -0.25) is 15.0 Å². The number of para-hydroxylation sites is 2. The standard InChI is InChI=1S/C19H24N2O9/c1-4-5-10-29-18(24)20-12-19(17(23)28-3,11-14(20)16(22)27-2)30-15-9-7-6-8-13(15)21(25)26/h6-9,14H,4-5,10-12H2,1-3H3/t14-,19?/m0/s1. The van der Waals surface area contributed by atoms with Gasteiger partial charge in [0.25, 0.3) is 0 Å². The van der Waals surface area contributed by atoms with Crippen LogP contribution in [-0.2, 0) is 23.8 Å². The summed E-state index contributed by atoms with van der Waals surface area (Å²) in [6.07, 6.45) is 0.273. The highest BCUT2D eigenvalue weighted by molar-refractivity contribution is 5.88. The average molecular weight is 424 g/mol. The van der Waals surface area contributed by atoms with Gasteiger partial charge >= 0.3 is 23.7 Å². The fraction of sp³-hybridized carbons (Fsp3) is 0.526. The molecule has 0 saturated carbocycles. The fourth-order valence-electron chi connectivity index (χ4n) is 3.15. The Bertz CT molecular complexity index is 813. The van der Waals surface area contributed by atoms with Crippen LogP contribution in [0.5, 0.6) is 5.75 Å². The molecule has 1 unspecified atom stereocenters. The maximum atomic E-state index is 12.7. The Morgan fingerprint density at radius 1 is 1.23 bits per heavy atom. The van der Waals surface area contributed by atoms with Crippen LogP contribution in [-0.4, -0.2) is 66.9 Å². The summed E-state index contributed by atoms with van der Waals surface area (Å²) in [6.45, 7) is 1.65. The summed E-state index contributed by atoms with van der Waals surface area (Å²) >= 11 is 0. The highest BCUT2D eigenvalue weighted by Gasteiger charge is 2.57. The number of benzene rings is 1. The molecule has 30 heavy (non-hydrogen) atoms. The van der Waals surface area contributed by atoms with E-state index in [9.17, 15) is 24.5 Å². The van der Waals surface area contributed by atoms with Gasteiger partial charge in [0.2, 0.25) is 5.60 Å². The van der Waals surface area contributed by atoms with Crippen LogP contribution >= 0.6 is 0 Å². The summed E-state index contributed by atoms with van der Waals surface area (Å²) in [6, 6.07) is 4.28. The molecule has 164 valence electrons. The first kappa shape index (κ1) is 22.9. The topological polar surface area (TPSA) is 135 Å². The van der Waals surface area contributed by atoms with Gasteiger partial charge in [-0.05, 0) is 12.5 Å². The monoisotopic (exact) mass is 424 g/mol. The quantitative estimate of drug-likeness (QED) is 0.202. The van der Waals surface area contributed by atoms with E-state index < -0.39 is 41.1 Å². The lowest BCUT2D eigenvalue weighted by molar-refractivity contribution is -0.386. The van der Waals surface area contributed by atoms with Gasteiger partial charge in [0.05, 0.1) is 32.3 Å². The van der Waals surface area contributed by atoms with Crippen molar-refractivity contribution in [2.24, 2.45) is 0 Å². The number of ether oxygens (including phenoxy) is 4. The van der Waals surface area contributed by atoms with Gasteiger partial charge < -0.3 is 18.9 Å². The molecule has 1 fully saturated rings. The van der Waals surface area contributed by atoms with E-state index in [2.05, 4.69) is 0 Å². The van der Waals surface area contributed by atoms with E-state index >= 15 is 0 Å². The molecule has 11 heteroatoms. The summed E-state index contributed by atoms with van der Waals surface area (Å²) in [4.78, 5) is 49.2. The number of hydrogen-bond acceptors (Lipinski definition) is 9. The number of carbonyl (C=O) groups is 3. The number of amides is 1. The molecule has 1 saturated heterocycles. The van der Waals surface area contributed by atoms with Gasteiger partial charge in [0.1, 0.15) is 6.04 Å². The van der Waals surface area contributed by atoms with Crippen molar-refractivity contribution in [1.82, 2.24) is 4.90 Å². The third-order valence-electron chi connectivity index (χ3n) is 4.68. The predicted molar refractivity (Wildman–Crippen MR) is 102 cm³/mol. The number of rotatable bonds is 8. The molecule has 0 N–H and O–H groups in total. The molecule has 0 aliphatic carbocycles. The second kappa shape index (κ2) is 9.90. The van der Waals surface area contributed by atoms with Crippen LogP contribution in [0.1, 0.15) is 26.2 Å². The van der Waals surface area contributed by atoms with Crippen LogP contribution in [0.25, 0.3) is 0 Å². The van der Waals surface area contributed by atoms with Crippen LogP contribution in [0.4, 0.5) is 10.5 Å². The molecule has 1 aromatic rings. The minimum atomic E-state index is -1.86. The first-order chi connectivity index (χ1) is 14.3. The molecular formula is C19H24N2O9. The van der Waals surface area contributed by atoms with Crippen molar-refractivity contribution in [2.75, 3.05) is 27.4 Å². The van der Waals surface area contributed by atoms with Crippen LogP contribution in [0.2, 0.25) is 0 Å². The highest BCUT2D eigenvalue weighted by Crippen LogP contribution is 2.37. The molecular weight excluding hydrogens is 400 g/mol. The van der Waals surface area contributed by atoms with E-state index in [1.807, 2.05) is 6.92 Å². The Kier molecular flexibility index (Phi) is 7.56. The zero-order chi connectivity index (χ0) is 22.3. The fourth-order valence-corrected chi connectivity index (χ4v) is 3.15. The first-order valence-corrected chi connectivity index (χ1v) is 9.31. The van der Waals surface area contributed by atoms with Crippen LogP contribution < -0.4 is 4.74 Å². The molecule has 0 bridgehead atoms. The van der Waals surface area contributed by atoms with Crippen molar-refractivity contribution in [2.45, 2.75) is 37.8 Å². The maximum Gasteiger partial charge on any atom is 0.410 e. The maximum absolute atomic E-state index is 12.7. The van der Waals surface area contributed by atoms with Crippen molar-refractivity contribution in [3.63, 3.8) is 0 Å². The first-order valence-electron chi connectivity index (χ1n) is 9.31. The summed E-state index contributed by atoms with van der Waals surface area (Å²) in [5.41, 5.74) is -2.23. The van der Waals surface area contributed by atoms with Crippen molar-refractivity contribution >= 4 is 23.7 Å². The molecule has 0 aromatic heterocycles. The summed E-state index contributed by atoms with van der Waals surface area (Å²) in [5.74, 6) is -1.87. The van der Waals surface area contributed by atoms with E-state index in [4.69, 9.17) is 18.9 Å². The number of hydrogen-bond donors (Lipinski definition) is 0. The Morgan fingerprint density at radius 2 is 1.93 bits per heavy atom. The molecule has 2 atom stereocenters. The van der Waals surface area contributed by atoms with Gasteiger partial charge in [-0.1, -0.05) is 25.5 Å². The van der Waals surface area contributed by atoms with E-state index in [1.165, 1.54) is 24.3 Å². The molecule has 1 aromatic carbocycles. The van der Waals surface area contributed by atoms with Gasteiger partial charge in [0.15, 0.2) is 5.75 Å². The molecule has 1 aliphatic heterocycles. The second-order valence-corrected chi connectivity index (χ2v) is 6.65. The molecule has 1 heterocycles. The number of nitrogens with zero attached hydrogens (tertiary/aromatic N) is 2. The van der Waals surface area contributed by atoms with Crippen LogP contribution in [0.15, 0.2) is 24.3 Å². The molecule has 0 radical (unpaired) electrons. The zero-order valence-electron chi connectivity index (χ0n) is 17.0. The minimum absolute atomic E-state index is 0.135. The van der Waals surface area contributed by atoms with E-state index in [0.29, 0.717) is 6.42 Å². The second-order valence-electron chi connectivity index (χ2n) is 6.65. The number of unbranched alkanes of at least 4 members (excludes halogenated alkanes) is 1. The number of esters is 2. The lowest BCUT2D eigenvalue weighted by atomic mass is 9.99. The Morgan fingerprint density at radius 3 is 2.53 bits per heavy atom. The molecule has 1 amide bonds. The Labute approximate surface area is 173 Å². The van der Waals surface area contributed by atoms with Gasteiger partial charge in [-0.2, -0.15) is 0 Å². The smallest absolute Gasteiger partial charge is 0.410 e. The van der Waals surface area contributed by atoms with Crippen molar-refractivity contribution in [3.8, 4) is 5.75 Å².